The third-order valence-electron chi connectivity index (χ3n) is 3.91. The molecule has 6 heteroatoms. The molecule has 0 aliphatic rings. The lowest BCUT2D eigenvalue weighted by Crippen LogP contribution is -2.34. The molecule has 2 aromatic carbocycles. The highest BCUT2D eigenvalue weighted by atomic mass is 32.1. The molecular weight excluding hydrogens is 335 g/mol. The lowest BCUT2D eigenvalue weighted by molar-refractivity contribution is 0.501. The number of aryl methyl sites for hydroxylation is 1. The number of hydrogen-bond acceptors (Lipinski definition) is 1. The van der Waals surface area contributed by atoms with Gasteiger partial charge in [0.05, 0.1) is 0 Å². The molecule has 1 aromatic heterocycles. The van der Waals surface area contributed by atoms with Crippen LogP contribution >= 0.6 is 11.3 Å². The summed E-state index contributed by atoms with van der Waals surface area (Å²) in [5, 5.41) is 0. The Morgan fingerprint density at radius 1 is 0.917 bits per heavy atom. The Morgan fingerprint density at radius 2 is 1.62 bits per heavy atom. The molecule has 1 heterocycles. The van der Waals surface area contributed by atoms with Crippen LogP contribution in [0.4, 0.5) is 17.3 Å². The number of rotatable bonds is 4. The van der Waals surface area contributed by atoms with Gasteiger partial charge in [0.1, 0.15) is 5.82 Å². The first-order valence-corrected chi connectivity index (χ1v) is 8.28. The van der Waals surface area contributed by atoms with Crippen LogP contribution in [0.3, 0.4) is 0 Å². The summed E-state index contributed by atoms with van der Waals surface area (Å²) in [5.41, 5.74) is 1.86. The minimum Gasteiger partial charge on any atom is -0.445 e. The zero-order valence-corrected chi connectivity index (χ0v) is 13.7. The molecule has 3 rings (SSSR count). The van der Waals surface area contributed by atoms with Crippen LogP contribution in [-0.4, -0.2) is 6.98 Å². The van der Waals surface area contributed by atoms with E-state index < -0.39 is 12.4 Å². The SMILES string of the molecule is Cc1ccc([B-](F)(F)F)cc1Cc1ccc(-c2ccc(F)cc2)s1. The van der Waals surface area contributed by atoms with Gasteiger partial charge in [-0.2, -0.15) is 0 Å². The first kappa shape index (κ1) is 16.8. The molecule has 3 aromatic rings. The highest BCUT2D eigenvalue weighted by Crippen LogP contribution is 2.30. The third-order valence-corrected chi connectivity index (χ3v) is 5.04. The minimum absolute atomic E-state index is 0.294. The smallest absolute Gasteiger partial charge is 0.445 e. The van der Waals surface area contributed by atoms with Crippen molar-refractivity contribution in [2.45, 2.75) is 13.3 Å². The summed E-state index contributed by atoms with van der Waals surface area (Å²) in [6.07, 6.45) is 0.456. The van der Waals surface area contributed by atoms with Crippen molar-refractivity contribution < 1.29 is 17.3 Å². The second-order valence-electron chi connectivity index (χ2n) is 5.71. The number of benzene rings is 2. The Kier molecular flexibility index (Phi) is 4.50. The molecule has 0 bridgehead atoms. The van der Waals surface area contributed by atoms with Crippen molar-refractivity contribution in [1.29, 1.82) is 0 Å². The van der Waals surface area contributed by atoms with Crippen molar-refractivity contribution in [3.63, 3.8) is 0 Å². The van der Waals surface area contributed by atoms with E-state index in [9.17, 15) is 17.3 Å². The van der Waals surface area contributed by atoms with Gasteiger partial charge in [0.15, 0.2) is 0 Å². The summed E-state index contributed by atoms with van der Waals surface area (Å²) in [7, 11) is 0. The van der Waals surface area contributed by atoms with Crippen LogP contribution in [0.25, 0.3) is 10.4 Å². The zero-order valence-electron chi connectivity index (χ0n) is 12.9. The molecule has 0 aliphatic heterocycles. The van der Waals surface area contributed by atoms with Gasteiger partial charge in [-0.1, -0.05) is 30.3 Å². The summed E-state index contributed by atoms with van der Waals surface area (Å²) in [5.74, 6) is -0.294. The molecule has 0 saturated heterocycles. The van der Waals surface area contributed by atoms with E-state index in [1.807, 2.05) is 19.1 Å². The molecule has 0 spiro atoms. The second kappa shape index (κ2) is 6.44. The van der Waals surface area contributed by atoms with Crippen LogP contribution in [0, 0.1) is 12.7 Å². The molecule has 0 atom stereocenters. The van der Waals surface area contributed by atoms with E-state index >= 15 is 0 Å². The average molecular weight is 349 g/mol. The van der Waals surface area contributed by atoms with Crippen LogP contribution in [0.2, 0.25) is 0 Å². The summed E-state index contributed by atoms with van der Waals surface area (Å²) < 4.78 is 51.8. The maximum Gasteiger partial charge on any atom is 0.509 e. The first-order chi connectivity index (χ1) is 11.3. The highest BCUT2D eigenvalue weighted by Gasteiger charge is 2.25. The number of thiophene rings is 1. The van der Waals surface area contributed by atoms with Gasteiger partial charge in [-0.25, -0.2) is 4.39 Å². The predicted octanol–water partition coefficient (Wildman–Crippen LogP) is 5.51. The van der Waals surface area contributed by atoms with E-state index in [0.29, 0.717) is 12.0 Å². The average Bonchev–Trinajstić information content (AvgIpc) is 2.97. The topological polar surface area (TPSA) is 0 Å². The fourth-order valence-electron chi connectivity index (χ4n) is 2.52. The molecule has 0 N–H and O–H groups in total. The maximum atomic E-state index is 13.0. The van der Waals surface area contributed by atoms with E-state index in [4.69, 9.17) is 0 Å². The van der Waals surface area contributed by atoms with Crippen molar-refractivity contribution in [1.82, 2.24) is 0 Å². The number of hydrogen-bond donors (Lipinski definition) is 0. The van der Waals surface area contributed by atoms with Gasteiger partial charge in [-0.15, -0.1) is 16.8 Å². The highest BCUT2D eigenvalue weighted by molar-refractivity contribution is 7.15. The standard InChI is InChI=1S/C18H14BF4S/c1-12-2-5-15(19(21,22)23)10-14(12)11-17-8-9-18(24-17)13-3-6-16(20)7-4-13/h2-10H,11H2,1H3/q-1. The minimum atomic E-state index is -4.99. The Labute approximate surface area is 141 Å². The summed E-state index contributed by atoms with van der Waals surface area (Å²) in [4.78, 5) is 1.95. The van der Waals surface area contributed by atoms with Crippen molar-refractivity contribution in [3.8, 4) is 10.4 Å². The van der Waals surface area contributed by atoms with Crippen molar-refractivity contribution in [3.05, 3.63) is 76.4 Å². The van der Waals surface area contributed by atoms with Crippen LogP contribution in [0.5, 0.6) is 0 Å². The Balaban J connectivity index is 1.86. The summed E-state index contributed by atoms with van der Waals surface area (Å²) in [6.45, 7) is -3.17. The van der Waals surface area contributed by atoms with Gasteiger partial charge in [-0.3, -0.25) is 0 Å². The second-order valence-corrected chi connectivity index (χ2v) is 6.88. The Morgan fingerprint density at radius 3 is 2.29 bits per heavy atom. The van der Waals surface area contributed by atoms with E-state index in [1.54, 1.807) is 12.1 Å². The van der Waals surface area contributed by atoms with E-state index in [1.165, 1.54) is 35.6 Å². The Hall–Kier alpha value is -2.08. The van der Waals surface area contributed by atoms with Gasteiger partial charge in [0.25, 0.3) is 0 Å². The molecule has 24 heavy (non-hydrogen) atoms. The van der Waals surface area contributed by atoms with Gasteiger partial charge >= 0.3 is 6.98 Å². The zero-order chi connectivity index (χ0) is 17.3. The summed E-state index contributed by atoms with van der Waals surface area (Å²) >= 11 is 1.51. The lowest BCUT2D eigenvalue weighted by atomic mass is 9.78. The molecule has 0 nitrogen and oxygen atoms in total. The lowest BCUT2D eigenvalue weighted by Gasteiger charge is -2.17. The van der Waals surface area contributed by atoms with Crippen LogP contribution in [0.15, 0.2) is 54.6 Å². The van der Waals surface area contributed by atoms with Gasteiger partial charge in [0, 0.05) is 16.2 Å². The summed E-state index contributed by atoms with van der Waals surface area (Å²) in [6, 6.07) is 13.9. The van der Waals surface area contributed by atoms with Crippen molar-refractivity contribution in [2.75, 3.05) is 0 Å². The molecule has 0 radical (unpaired) electrons. The fraction of sp³-hybridized carbons (Fsp3) is 0.111. The molecule has 124 valence electrons. The molecule has 0 unspecified atom stereocenters. The largest absolute Gasteiger partial charge is 0.509 e. The van der Waals surface area contributed by atoms with E-state index in [2.05, 4.69) is 0 Å². The van der Waals surface area contributed by atoms with E-state index in [-0.39, 0.29) is 5.82 Å². The normalized spacial score (nSPS) is 11.7. The molecular formula is C18H14BF4S-. The Bertz CT molecular complexity index is 850. The quantitative estimate of drug-likeness (QED) is 0.431. The number of halogens is 4. The monoisotopic (exact) mass is 349 g/mol. The molecule has 0 fully saturated rings. The third kappa shape index (κ3) is 3.70. The first-order valence-electron chi connectivity index (χ1n) is 7.47. The van der Waals surface area contributed by atoms with Crippen molar-refractivity contribution >= 4 is 23.8 Å². The van der Waals surface area contributed by atoms with Crippen LogP contribution in [0.1, 0.15) is 16.0 Å². The molecule has 0 saturated carbocycles. The van der Waals surface area contributed by atoms with Crippen molar-refractivity contribution in [2.24, 2.45) is 0 Å². The van der Waals surface area contributed by atoms with Crippen LogP contribution in [-0.2, 0) is 6.42 Å². The molecule has 0 aliphatic carbocycles. The van der Waals surface area contributed by atoms with Gasteiger partial charge in [-0.05, 0) is 47.9 Å². The maximum absolute atomic E-state index is 13.0. The van der Waals surface area contributed by atoms with Crippen LogP contribution < -0.4 is 5.46 Å². The fourth-order valence-corrected chi connectivity index (χ4v) is 3.55. The molecule has 0 amide bonds. The van der Waals surface area contributed by atoms with Gasteiger partial charge < -0.3 is 12.9 Å². The predicted molar refractivity (Wildman–Crippen MR) is 92.4 cm³/mol. The van der Waals surface area contributed by atoms with E-state index in [0.717, 1.165) is 26.9 Å². The van der Waals surface area contributed by atoms with Gasteiger partial charge in [0.2, 0.25) is 0 Å².